The Hall–Kier alpha value is -1.07. The highest BCUT2D eigenvalue weighted by atomic mass is 16.7. The van der Waals surface area contributed by atoms with E-state index >= 15 is 0 Å². The van der Waals surface area contributed by atoms with Crippen LogP contribution in [0.1, 0.15) is 5.69 Å². The summed E-state index contributed by atoms with van der Waals surface area (Å²) in [6.07, 6.45) is 1.56. The molecule has 0 aliphatic rings. The van der Waals surface area contributed by atoms with E-state index in [4.69, 9.17) is 15.2 Å². The average molecular weight is 172 g/mol. The predicted molar refractivity (Wildman–Crippen MR) is 42.4 cm³/mol. The zero-order chi connectivity index (χ0) is 8.97. The summed E-state index contributed by atoms with van der Waals surface area (Å²) < 4.78 is 14.6. The second-order valence-electron chi connectivity index (χ2n) is 2.32. The van der Waals surface area contributed by atoms with Crippen molar-refractivity contribution in [2.24, 2.45) is 0 Å². The van der Waals surface area contributed by atoms with Gasteiger partial charge in [-0.25, -0.2) is 0 Å². The number of rotatable bonds is 4. The van der Waals surface area contributed by atoms with Crippen LogP contribution in [0.25, 0.3) is 0 Å². The molecule has 1 aromatic heterocycles. The summed E-state index contributed by atoms with van der Waals surface area (Å²) in [5.41, 5.74) is 6.71. The number of aromatic nitrogens is 1. The van der Waals surface area contributed by atoms with E-state index in [-0.39, 0.29) is 6.29 Å². The van der Waals surface area contributed by atoms with Gasteiger partial charge in [0.1, 0.15) is 12.0 Å². The van der Waals surface area contributed by atoms with Crippen molar-refractivity contribution in [2.75, 3.05) is 20.0 Å². The minimum Gasteiger partial charge on any atom is -0.395 e. The van der Waals surface area contributed by atoms with Crippen LogP contribution in [-0.4, -0.2) is 25.7 Å². The van der Waals surface area contributed by atoms with Crippen molar-refractivity contribution in [2.45, 2.75) is 12.7 Å². The van der Waals surface area contributed by atoms with Gasteiger partial charge in [-0.15, -0.1) is 0 Å². The molecule has 0 atom stereocenters. The highest BCUT2D eigenvalue weighted by molar-refractivity contribution is 5.38. The molecule has 0 radical (unpaired) electrons. The number of nitrogen functional groups attached to an aromatic ring is 1. The van der Waals surface area contributed by atoms with Gasteiger partial charge in [-0.2, -0.15) is 0 Å². The van der Waals surface area contributed by atoms with Gasteiger partial charge in [0.2, 0.25) is 0 Å². The summed E-state index contributed by atoms with van der Waals surface area (Å²) in [4.78, 5) is 0. The van der Waals surface area contributed by atoms with Gasteiger partial charge in [-0.05, 0) is 0 Å². The van der Waals surface area contributed by atoms with Crippen LogP contribution in [0.2, 0.25) is 0 Å². The third-order valence-electron chi connectivity index (χ3n) is 1.56. The van der Waals surface area contributed by atoms with E-state index in [2.05, 4.69) is 9.68 Å². The van der Waals surface area contributed by atoms with Gasteiger partial charge in [0.05, 0.1) is 5.69 Å². The first-order valence-electron chi connectivity index (χ1n) is 3.52. The van der Waals surface area contributed by atoms with Crippen molar-refractivity contribution in [3.05, 3.63) is 12.0 Å². The molecule has 0 aromatic carbocycles. The fourth-order valence-corrected chi connectivity index (χ4v) is 0.843. The van der Waals surface area contributed by atoms with E-state index in [0.717, 1.165) is 0 Å². The lowest BCUT2D eigenvalue weighted by Crippen LogP contribution is -2.16. The van der Waals surface area contributed by atoms with Gasteiger partial charge >= 0.3 is 0 Å². The molecule has 0 bridgehead atoms. The Labute approximate surface area is 70.4 Å². The Morgan fingerprint density at radius 3 is 2.67 bits per heavy atom. The van der Waals surface area contributed by atoms with E-state index in [1.54, 1.807) is 14.2 Å². The lowest BCUT2D eigenvalue weighted by Gasteiger charge is -2.10. The zero-order valence-corrected chi connectivity index (χ0v) is 7.11. The molecular formula is C7H12N2O3. The fourth-order valence-electron chi connectivity index (χ4n) is 0.843. The van der Waals surface area contributed by atoms with Gasteiger partial charge < -0.3 is 19.7 Å². The van der Waals surface area contributed by atoms with Gasteiger partial charge in [0.15, 0.2) is 6.29 Å². The highest BCUT2D eigenvalue weighted by Gasteiger charge is 2.11. The topological polar surface area (TPSA) is 70.5 Å². The SMILES string of the molecule is COC(Cc1nocc1N)OC. The lowest BCUT2D eigenvalue weighted by molar-refractivity contribution is -0.101. The number of nitrogens with zero attached hydrogens (tertiary/aromatic N) is 1. The molecule has 1 aromatic rings. The fraction of sp³-hybridized carbons (Fsp3) is 0.571. The van der Waals surface area contributed by atoms with Gasteiger partial charge in [0.25, 0.3) is 0 Å². The predicted octanol–water partition coefficient (Wildman–Crippen LogP) is 0.418. The molecule has 0 saturated carbocycles. The largest absolute Gasteiger partial charge is 0.395 e. The summed E-state index contributed by atoms with van der Waals surface area (Å²) in [7, 11) is 3.12. The zero-order valence-electron chi connectivity index (χ0n) is 7.11. The summed E-state index contributed by atoms with van der Waals surface area (Å²) in [6, 6.07) is 0. The van der Waals surface area contributed by atoms with Crippen molar-refractivity contribution >= 4 is 5.69 Å². The molecule has 5 heteroatoms. The maximum Gasteiger partial charge on any atom is 0.162 e. The maximum atomic E-state index is 5.53. The summed E-state index contributed by atoms with van der Waals surface area (Å²) in [6.45, 7) is 0. The maximum absolute atomic E-state index is 5.53. The van der Waals surface area contributed by atoms with E-state index < -0.39 is 0 Å². The first-order chi connectivity index (χ1) is 5.77. The molecule has 0 amide bonds. The van der Waals surface area contributed by atoms with Crippen molar-refractivity contribution in [1.29, 1.82) is 0 Å². The molecule has 1 rings (SSSR count). The number of nitrogens with two attached hydrogens (primary N) is 1. The second kappa shape index (κ2) is 4.08. The van der Waals surface area contributed by atoms with Crippen molar-refractivity contribution in [1.82, 2.24) is 5.16 Å². The molecule has 1 heterocycles. The summed E-state index contributed by atoms with van der Waals surface area (Å²) >= 11 is 0. The van der Waals surface area contributed by atoms with Crippen LogP contribution < -0.4 is 5.73 Å². The standard InChI is InChI=1S/C7H12N2O3/c1-10-7(11-2)3-6-5(8)4-12-9-6/h4,7H,3,8H2,1-2H3. The number of hydrogen-bond acceptors (Lipinski definition) is 5. The molecule has 0 saturated heterocycles. The Morgan fingerprint density at radius 1 is 1.58 bits per heavy atom. The summed E-state index contributed by atoms with van der Waals surface area (Å²) in [5, 5.41) is 3.69. The molecule has 0 aliphatic heterocycles. The van der Waals surface area contributed by atoms with Gasteiger partial charge in [-0.3, -0.25) is 0 Å². The quantitative estimate of drug-likeness (QED) is 0.666. The van der Waals surface area contributed by atoms with E-state index in [0.29, 0.717) is 17.8 Å². The second-order valence-corrected chi connectivity index (χ2v) is 2.32. The molecule has 2 N–H and O–H groups in total. The molecule has 5 nitrogen and oxygen atoms in total. The molecule has 12 heavy (non-hydrogen) atoms. The molecule has 0 aliphatic carbocycles. The Morgan fingerprint density at radius 2 is 2.25 bits per heavy atom. The normalized spacial score (nSPS) is 10.9. The molecule has 0 spiro atoms. The minimum absolute atomic E-state index is 0.322. The smallest absolute Gasteiger partial charge is 0.162 e. The van der Waals surface area contributed by atoms with Crippen molar-refractivity contribution < 1.29 is 14.0 Å². The summed E-state index contributed by atoms with van der Waals surface area (Å²) in [5.74, 6) is 0. The molecule has 68 valence electrons. The molecule has 0 unspecified atom stereocenters. The minimum atomic E-state index is -0.322. The van der Waals surface area contributed by atoms with Crippen LogP contribution in [-0.2, 0) is 15.9 Å². The van der Waals surface area contributed by atoms with Gasteiger partial charge in [0, 0.05) is 20.6 Å². The Bertz CT molecular complexity index is 232. The number of anilines is 1. The first kappa shape index (κ1) is 9.02. The number of methoxy groups -OCH3 is 2. The van der Waals surface area contributed by atoms with Crippen LogP contribution >= 0.6 is 0 Å². The first-order valence-corrected chi connectivity index (χ1v) is 3.52. The van der Waals surface area contributed by atoms with Gasteiger partial charge in [-0.1, -0.05) is 5.16 Å². The van der Waals surface area contributed by atoms with Crippen LogP contribution in [0.5, 0.6) is 0 Å². The van der Waals surface area contributed by atoms with Crippen LogP contribution in [0, 0.1) is 0 Å². The Kier molecular flexibility index (Phi) is 3.07. The Balaban J connectivity index is 2.56. The van der Waals surface area contributed by atoms with Crippen LogP contribution in [0.15, 0.2) is 10.8 Å². The van der Waals surface area contributed by atoms with E-state index in [1.807, 2.05) is 0 Å². The molecule has 0 fully saturated rings. The van der Waals surface area contributed by atoms with E-state index in [1.165, 1.54) is 6.26 Å². The highest BCUT2D eigenvalue weighted by Crippen LogP contribution is 2.11. The van der Waals surface area contributed by atoms with Crippen LogP contribution in [0.4, 0.5) is 5.69 Å². The number of hydrogen-bond donors (Lipinski definition) is 1. The lowest BCUT2D eigenvalue weighted by atomic mass is 10.3. The third-order valence-corrected chi connectivity index (χ3v) is 1.56. The monoisotopic (exact) mass is 172 g/mol. The van der Waals surface area contributed by atoms with Crippen LogP contribution in [0.3, 0.4) is 0 Å². The third kappa shape index (κ3) is 1.96. The number of ether oxygens (including phenoxy) is 2. The molecular weight excluding hydrogens is 160 g/mol. The van der Waals surface area contributed by atoms with E-state index in [9.17, 15) is 0 Å². The van der Waals surface area contributed by atoms with Crippen molar-refractivity contribution in [3.63, 3.8) is 0 Å². The average Bonchev–Trinajstić information content (AvgIpc) is 2.47. The van der Waals surface area contributed by atoms with Crippen molar-refractivity contribution in [3.8, 4) is 0 Å².